The number of nitrogens with zero attached hydrogens (tertiary/aromatic N) is 5. The first-order valence-corrected chi connectivity index (χ1v) is 16.2. The molecule has 0 saturated heterocycles. The zero-order chi connectivity index (χ0) is 33.8. The molecule has 2 heterocycles. The molecule has 9 rings (SSSR count). The van der Waals surface area contributed by atoms with Crippen molar-refractivity contribution in [1.29, 1.82) is 5.26 Å². The Labute approximate surface area is 288 Å². The Bertz CT molecular complexity index is 2890. The minimum atomic E-state index is 0.522. The molecule has 0 radical (unpaired) electrons. The molecule has 0 bridgehead atoms. The number of rotatable bonds is 4. The number of aromatic nitrogens is 2. The molecule has 7 aromatic carbocycles. The van der Waals surface area contributed by atoms with Gasteiger partial charge in [-0.15, -0.1) is 0 Å². The molecular formula is C45H25N5. The summed E-state index contributed by atoms with van der Waals surface area (Å²) >= 11 is 0. The standard InChI is InChI=1S/C45H25N5/c1-47-33-18-22-36(44(26-33)50-43-24-11-29(28-46)25-40(43)39-23-19-34(48-2)27-45(39)50)32-14-12-30(13-15-32)31-16-20-35(21-17-31)49-41-9-5-3-7-37(41)38-8-4-6-10-42(38)49/h3-27H. The van der Waals surface area contributed by atoms with Gasteiger partial charge in [0, 0.05) is 44.0 Å². The molecular weight excluding hydrogens is 611 g/mol. The minimum Gasteiger partial charge on any atom is -0.311 e. The quantitative estimate of drug-likeness (QED) is 0.177. The number of benzene rings is 7. The van der Waals surface area contributed by atoms with Gasteiger partial charge in [0.1, 0.15) is 0 Å². The van der Waals surface area contributed by atoms with E-state index in [-0.39, 0.29) is 0 Å². The van der Waals surface area contributed by atoms with Crippen molar-refractivity contribution in [1.82, 2.24) is 9.13 Å². The van der Waals surface area contributed by atoms with E-state index in [1.165, 1.54) is 21.8 Å². The number of hydrogen-bond donors (Lipinski definition) is 0. The van der Waals surface area contributed by atoms with Gasteiger partial charge in [0.2, 0.25) is 0 Å². The van der Waals surface area contributed by atoms with Gasteiger partial charge in [-0.2, -0.15) is 5.26 Å². The minimum absolute atomic E-state index is 0.522. The summed E-state index contributed by atoms with van der Waals surface area (Å²) in [6.45, 7) is 15.5. The number of para-hydroxylation sites is 2. The SMILES string of the molecule is [C-]#[N+]c1ccc(-c2ccc(-c3ccc(-n4c5ccccc5c5ccccc54)cc3)cc2)c(-n2c3ccc(C#N)cc3c3ccc([N+]#[C-])cc32)c1. The molecule has 0 aliphatic heterocycles. The molecule has 0 saturated carbocycles. The fourth-order valence-electron chi connectivity index (χ4n) is 7.27. The van der Waals surface area contributed by atoms with Gasteiger partial charge < -0.3 is 9.13 Å². The van der Waals surface area contributed by atoms with E-state index in [9.17, 15) is 5.26 Å². The van der Waals surface area contributed by atoms with Gasteiger partial charge in [0.15, 0.2) is 11.4 Å². The Kier molecular flexibility index (Phi) is 6.56. The summed E-state index contributed by atoms with van der Waals surface area (Å²) in [7, 11) is 0. The van der Waals surface area contributed by atoms with Gasteiger partial charge in [-0.1, -0.05) is 97.1 Å². The highest BCUT2D eigenvalue weighted by Crippen LogP contribution is 2.40. The summed E-state index contributed by atoms with van der Waals surface area (Å²) in [6, 6.07) is 53.6. The Morgan fingerprint density at radius 2 is 1.02 bits per heavy atom. The highest BCUT2D eigenvalue weighted by Gasteiger charge is 2.18. The Morgan fingerprint density at radius 1 is 0.460 bits per heavy atom. The second kappa shape index (κ2) is 11.4. The molecule has 5 nitrogen and oxygen atoms in total. The van der Waals surface area contributed by atoms with Crippen LogP contribution in [0.1, 0.15) is 5.56 Å². The maximum absolute atomic E-state index is 9.64. The molecule has 0 N–H and O–H groups in total. The summed E-state index contributed by atoms with van der Waals surface area (Å²) in [4.78, 5) is 7.45. The van der Waals surface area contributed by atoms with Gasteiger partial charge in [-0.25, -0.2) is 9.69 Å². The molecule has 5 heteroatoms. The maximum Gasteiger partial charge on any atom is 0.189 e. The molecule has 0 fully saturated rings. The third-order valence-electron chi connectivity index (χ3n) is 9.59. The van der Waals surface area contributed by atoms with Crippen LogP contribution in [0.5, 0.6) is 0 Å². The zero-order valence-electron chi connectivity index (χ0n) is 26.7. The van der Waals surface area contributed by atoms with E-state index < -0.39 is 0 Å². The van der Waals surface area contributed by atoms with E-state index in [4.69, 9.17) is 13.1 Å². The second-order valence-electron chi connectivity index (χ2n) is 12.3. The fraction of sp³-hybridized carbons (Fsp3) is 0. The van der Waals surface area contributed by atoms with Crippen LogP contribution in [-0.2, 0) is 0 Å². The monoisotopic (exact) mass is 635 g/mol. The molecule has 2 aromatic heterocycles. The van der Waals surface area contributed by atoms with Gasteiger partial charge in [0.05, 0.1) is 41.3 Å². The summed E-state index contributed by atoms with van der Waals surface area (Å²) < 4.78 is 4.44. The van der Waals surface area contributed by atoms with E-state index in [1.807, 2.05) is 54.6 Å². The molecule has 9 aromatic rings. The van der Waals surface area contributed by atoms with E-state index in [1.54, 1.807) is 0 Å². The fourth-order valence-corrected chi connectivity index (χ4v) is 7.27. The lowest BCUT2D eigenvalue weighted by molar-refractivity contribution is 1.18. The van der Waals surface area contributed by atoms with Crippen molar-refractivity contribution in [2.45, 2.75) is 0 Å². The van der Waals surface area contributed by atoms with E-state index >= 15 is 0 Å². The van der Waals surface area contributed by atoms with Crippen molar-refractivity contribution in [2.75, 3.05) is 0 Å². The number of hydrogen-bond acceptors (Lipinski definition) is 1. The van der Waals surface area contributed by atoms with Gasteiger partial charge >= 0.3 is 0 Å². The normalized spacial score (nSPS) is 11.1. The van der Waals surface area contributed by atoms with Crippen LogP contribution in [0.15, 0.2) is 152 Å². The van der Waals surface area contributed by atoms with Crippen LogP contribution in [0.25, 0.3) is 86.9 Å². The predicted octanol–water partition coefficient (Wildman–Crippen LogP) is 12.2. The molecule has 230 valence electrons. The summed E-state index contributed by atoms with van der Waals surface area (Å²) in [5, 5.41) is 14.0. The van der Waals surface area contributed by atoms with Crippen LogP contribution in [0, 0.1) is 24.5 Å². The maximum atomic E-state index is 9.64. The summed E-state index contributed by atoms with van der Waals surface area (Å²) in [5.41, 5.74) is 11.9. The smallest absolute Gasteiger partial charge is 0.189 e. The molecule has 0 aliphatic carbocycles. The second-order valence-corrected chi connectivity index (χ2v) is 12.3. The predicted molar refractivity (Wildman–Crippen MR) is 203 cm³/mol. The first-order chi connectivity index (χ1) is 24.6. The molecule has 0 aliphatic rings. The van der Waals surface area contributed by atoms with Gasteiger partial charge in [-0.05, 0) is 71.3 Å². The van der Waals surface area contributed by atoms with Gasteiger partial charge in [0.25, 0.3) is 0 Å². The van der Waals surface area contributed by atoms with Crippen LogP contribution < -0.4 is 0 Å². The van der Waals surface area contributed by atoms with Crippen LogP contribution in [0.4, 0.5) is 11.4 Å². The number of nitriles is 1. The molecule has 0 spiro atoms. The van der Waals surface area contributed by atoms with Crippen molar-refractivity contribution < 1.29 is 0 Å². The Morgan fingerprint density at radius 3 is 1.68 bits per heavy atom. The first kappa shape index (κ1) is 28.8. The van der Waals surface area contributed by atoms with E-state index in [0.717, 1.165) is 55.4 Å². The Hall–Kier alpha value is -7.39. The molecule has 0 unspecified atom stereocenters. The largest absolute Gasteiger partial charge is 0.311 e. The average molecular weight is 636 g/mol. The molecule has 0 amide bonds. The van der Waals surface area contributed by atoms with Gasteiger partial charge in [-0.3, -0.25) is 0 Å². The van der Waals surface area contributed by atoms with Crippen LogP contribution in [-0.4, -0.2) is 9.13 Å². The van der Waals surface area contributed by atoms with Crippen LogP contribution >= 0.6 is 0 Å². The summed E-state index contributed by atoms with van der Waals surface area (Å²) in [5.74, 6) is 0. The average Bonchev–Trinajstić information content (AvgIpc) is 3.69. The lowest BCUT2D eigenvalue weighted by Gasteiger charge is -2.16. The van der Waals surface area contributed by atoms with Crippen LogP contribution in [0.2, 0.25) is 0 Å². The third kappa shape index (κ3) is 4.45. The third-order valence-corrected chi connectivity index (χ3v) is 9.59. The van der Waals surface area contributed by atoms with E-state index in [0.29, 0.717) is 16.9 Å². The molecule has 0 atom stereocenters. The first-order valence-electron chi connectivity index (χ1n) is 16.2. The number of fused-ring (bicyclic) bond motifs is 6. The molecule has 50 heavy (non-hydrogen) atoms. The van der Waals surface area contributed by atoms with Crippen molar-refractivity contribution in [3.8, 4) is 39.7 Å². The van der Waals surface area contributed by atoms with Crippen molar-refractivity contribution in [2.24, 2.45) is 0 Å². The van der Waals surface area contributed by atoms with Crippen molar-refractivity contribution in [3.05, 3.63) is 180 Å². The van der Waals surface area contributed by atoms with Crippen LogP contribution in [0.3, 0.4) is 0 Å². The highest BCUT2D eigenvalue weighted by atomic mass is 15.0. The highest BCUT2D eigenvalue weighted by molar-refractivity contribution is 6.11. The lowest BCUT2D eigenvalue weighted by Crippen LogP contribution is -1.97. The van der Waals surface area contributed by atoms with Crippen molar-refractivity contribution >= 4 is 55.0 Å². The zero-order valence-corrected chi connectivity index (χ0v) is 26.7. The topological polar surface area (TPSA) is 42.4 Å². The Balaban J connectivity index is 1.14. The lowest BCUT2D eigenvalue weighted by atomic mass is 9.98. The van der Waals surface area contributed by atoms with E-state index in [2.05, 4.69) is 122 Å². The van der Waals surface area contributed by atoms with Crippen molar-refractivity contribution in [3.63, 3.8) is 0 Å². The summed E-state index contributed by atoms with van der Waals surface area (Å²) in [6.07, 6.45) is 0.